The van der Waals surface area contributed by atoms with Crippen LogP contribution in [0.5, 0.6) is 0 Å². The van der Waals surface area contributed by atoms with Gasteiger partial charge in [0.25, 0.3) is 0 Å². The molecular weight excluding hydrogens is 279 g/mol. The van der Waals surface area contributed by atoms with Gasteiger partial charge in [-0.3, -0.25) is 0 Å². The van der Waals surface area contributed by atoms with Gasteiger partial charge in [0, 0.05) is 6.04 Å². The van der Waals surface area contributed by atoms with E-state index in [9.17, 15) is 0 Å². The van der Waals surface area contributed by atoms with Gasteiger partial charge in [-0.25, -0.2) is 4.98 Å². The summed E-state index contributed by atoms with van der Waals surface area (Å²) in [5.74, 6) is 1.36. The van der Waals surface area contributed by atoms with Gasteiger partial charge in [-0.2, -0.15) is 0 Å². The Hall–Kier alpha value is -0.730. The summed E-state index contributed by atoms with van der Waals surface area (Å²) in [6.45, 7) is 4.65. The van der Waals surface area contributed by atoms with Crippen molar-refractivity contribution >= 4 is 34.2 Å². The maximum Gasteiger partial charge on any atom is 0.125 e. The summed E-state index contributed by atoms with van der Waals surface area (Å²) in [6.07, 6.45) is 3.67. The zero-order chi connectivity index (χ0) is 13.6. The average Bonchev–Trinajstić information content (AvgIpc) is 2.89. The number of fused-ring (bicyclic) bond motifs is 1. The molecule has 102 valence electrons. The van der Waals surface area contributed by atoms with Crippen molar-refractivity contribution < 1.29 is 0 Å². The van der Waals surface area contributed by atoms with E-state index in [1.54, 1.807) is 0 Å². The minimum Gasteiger partial charge on any atom is -0.322 e. The van der Waals surface area contributed by atoms with E-state index in [4.69, 9.17) is 23.2 Å². The van der Waals surface area contributed by atoms with Gasteiger partial charge in [-0.05, 0) is 30.4 Å². The predicted octanol–water partition coefficient (Wildman–Crippen LogP) is 5.18. The van der Waals surface area contributed by atoms with Crippen LogP contribution in [0, 0.1) is 5.41 Å². The Bertz CT molecular complexity index is 616. The first kappa shape index (κ1) is 13.3. The molecule has 0 spiro atoms. The lowest BCUT2D eigenvalue weighted by Gasteiger charge is -2.30. The second-order valence-electron chi connectivity index (χ2n) is 6.04. The van der Waals surface area contributed by atoms with Gasteiger partial charge in [0.15, 0.2) is 0 Å². The maximum absolute atomic E-state index is 6.40. The summed E-state index contributed by atoms with van der Waals surface area (Å²) in [5, 5.41) is 0.768. The van der Waals surface area contributed by atoms with Crippen LogP contribution >= 0.6 is 23.2 Å². The van der Waals surface area contributed by atoms with E-state index in [1.807, 2.05) is 18.2 Å². The lowest BCUT2D eigenvalue weighted by Crippen LogP contribution is -2.23. The smallest absolute Gasteiger partial charge is 0.125 e. The van der Waals surface area contributed by atoms with Crippen molar-refractivity contribution in [3.8, 4) is 0 Å². The molecule has 0 saturated heterocycles. The van der Waals surface area contributed by atoms with Crippen LogP contribution in [0.1, 0.15) is 45.0 Å². The lowest BCUT2D eigenvalue weighted by atomic mass is 9.87. The van der Waals surface area contributed by atoms with E-state index in [-0.39, 0.29) is 5.41 Å². The Morgan fingerprint density at radius 3 is 2.84 bits per heavy atom. The SMILES string of the molecule is CC1(C)CCCC1n1c(CCl)nc2cccc(Cl)c21. The predicted molar refractivity (Wildman–Crippen MR) is 81.0 cm³/mol. The third-order valence-corrected chi connectivity index (χ3v) is 4.91. The van der Waals surface area contributed by atoms with E-state index < -0.39 is 0 Å². The molecule has 0 aliphatic heterocycles. The molecule has 2 aromatic rings. The molecule has 0 amide bonds. The molecule has 1 aliphatic rings. The number of halogens is 2. The monoisotopic (exact) mass is 296 g/mol. The molecule has 4 heteroatoms. The van der Waals surface area contributed by atoms with Gasteiger partial charge in [0.1, 0.15) is 5.82 Å². The normalized spacial score (nSPS) is 22.2. The summed E-state index contributed by atoms with van der Waals surface area (Å²) in [4.78, 5) is 4.65. The zero-order valence-corrected chi connectivity index (χ0v) is 12.8. The molecule has 1 aromatic carbocycles. The molecule has 1 unspecified atom stereocenters. The summed E-state index contributed by atoms with van der Waals surface area (Å²) in [7, 11) is 0. The summed E-state index contributed by atoms with van der Waals surface area (Å²) >= 11 is 12.5. The summed E-state index contributed by atoms with van der Waals surface area (Å²) < 4.78 is 2.29. The molecule has 19 heavy (non-hydrogen) atoms. The Kier molecular flexibility index (Phi) is 3.26. The maximum atomic E-state index is 6.40. The largest absolute Gasteiger partial charge is 0.322 e. The van der Waals surface area contributed by atoms with Crippen LogP contribution in [0.15, 0.2) is 18.2 Å². The molecule has 1 heterocycles. The van der Waals surface area contributed by atoms with Crippen LogP contribution < -0.4 is 0 Å². The molecule has 2 nitrogen and oxygen atoms in total. The first-order chi connectivity index (χ1) is 9.04. The van der Waals surface area contributed by atoms with E-state index in [1.165, 1.54) is 19.3 Å². The zero-order valence-electron chi connectivity index (χ0n) is 11.3. The van der Waals surface area contributed by atoms with Gasteiger partial charge in [0.05, 0.1) is 21.9 Å². The molecular formula is C15H18Cl2N2. The van der Waals surface area contributed by atoms with Crippen molar-refractivity contribution in [2.24, 2.45) is 5.41 Å². The third-order valence-electron chi connectivity index (χ3n) is 4.37. The van der Waals surface area contributed by atoms with Crippen molar-refractivity contribution in [1.29, 1.82) is 0 Å². The molecule has 1 saturated carbocycles. The minimum atomic E-state index is 0.271. The number of hydrogen-bond donors (Lipinski definition) is 0. The van der Waals surface area contributed by atoms with Crippen LogP contribution in [0.25, 0.3) is 11.0 Å². The molecule has 3 rings (SSSR count). The highest BCUT2D eigenvalue weighted by molar-refractivity contribution is 6.35. The molecule has 1 aromatic heterocycles. The number of benzene rings is 1. The Balaban J connectivity index is 2.27. The Labute approximate surface area is 123 Å². The molecule has 0 N–H and O–H groups in total. The molecule has 0 bridgehead atoms. The number of hydrogen-bond acceptors (Lipinski definition) is 1. The number of imidazole rings is 1. The second kappa shape index (κ2) is 4.68. The van der Waals surface area contributed by atoms with Crippen LogP contribution in [-0.4, -0.2) is 9.55 Å². The first-order valence-electron chi connectivity index (χ1n) is 6.76. The number of rotatable bonds is 2. The van der Waals surface area contributed by atoms with Crippen LogP contribution in [0.4, 0.5) is 0 Å². The van der Waals surface area contributed by atoms with E-state index in [0.717, 1.165) is 21.9 Å². The van der Waals surface area contributed by atoms with Crippen molar-refractivity contribution in [3.05, 3.63) is 29.0 Å². The number of aromatic nitrogens is 2. The number of nitrogens with zero attached hydrogens (tertiary/aromatic N) is 2. The van der Waals surface area contributed by atoms with Gasteiger partial charge in [-0.1, -0.05) is 37.9 Å². The highest BCUT2D eigenvalue weighted by Gasteiger charge is 2.37. The topological polar surface area (TPSA) is 17.8 Å². The fourth-order valence-electron chi connectivity index (χ4n) is 3.37. The Morgan fingerprint density at radius 1 is 1.42 bits per heavy atom. The van der Waals surface area contributed by atoms with Gasteiger partial charge in [0.2, 0.25) is 0 Å². The first-order valence-corrected chi connectivity index (χ1v) is 7.67. The summed E-state index contributed by atoms with van der Waals surface area (Å²) in [5.41, 5.74) is 2.26. The highest BCUT2D eigenvalue weighted by atomic mass is 35.5. The number of para-hydroxylation sites is 1. The van der Waals surface area contributed by atoms with Crippen LogP contribution in [-0.2, 0) is 5.88 Å². The van der Waals surface area contributed by atoms with Crippen LogP contribution in [0.2, 0.25) is 5.02 Å². The van der Waals surface area contributed by atoms with Crippen molar-refractivity contribution in [1.82, 2.24) is 9.55 Å². The second-order valence-corrected chi connectivity index (χ2v) is 6.71. The number of alkyl halides is 1. The van der Waals surface area contributed by atoms with Crippen molar-refractivity contribution in [2.45, 2.75) is 45.0 Å². The Morgan fingerprint density at radius 2 is 2.21 bits per heavy atom. The fourth-order valence-corrected chi connectivity index (χ4v) is 3.82. The van der Waals surface area contributed by atoms with Gasteiger partial charge in [-0.15, -0.1) is 11.6 Å². The fraction of sp³-hybridized carbons (Fsp3) is 0.533. The molecule has 1 fully saturated rings. The molecule has 1 atom stereocenters. The molecule has 1 aliphatic carbocycles. The van der Waals surface area contributed by atoms with Gasteiger partial charge >= 0.3 is 0 Å². The van der Waals surface area contributed by atoms with Gasteiger partial charge < -0.3 is 4.57 Å². The van der Waals surface area contributed by atoms with E-state index >= 15 is 0 Å². The standard InChI is InChI=1S/C15H18Cl2N2/c1-15(2)8-4-7-12(15)19-13(9-16)18-11-6-3-5-10(17)14(11)19/h3,5-6,12H,4,7-9H2,1-2H3. The van der Waals surface area contributed by atoms with Crippen molar-refractivity contribution in [2.75, 3.05) is 0 Å². The average molecular weight is 297 g/mol. The van der Waals surface area contributed by atoms with Crippen molar-refractivity contribution in [3.63, 3.8) is 0 Å². The van der Waals surface area contributed by atoms with E-state index in [2.05, 4.69) is 23.4 Å². The van der Waals surface area contributed by atoms with Crippen LogP contribution in [0.3, 0.4) is 0 Å². The quantitative estimate of drug-likeness (QED) is 0.698. The third kappa shape index (κ3) is 2.05. The minimum absolute atomic E-state index is 0.271. The summed E-state index contributed by atoms with van der Waals surface area (Å²) in [6, 6.07) is 6.32. The lowest BCUT2D eigenvalue weighted by molar-refractivity contribution is 0.262. The van der Waals surface area contributed by atoms with E-state index in [0.29, 0.717) is 11.9 Å². The highest BCUT2D eigenvalue weighted by Crippen LogP contribution is 2.48. The molecule has 0 radical (unpaired) electrons.